The van der Waals surface area contributed by atoms with Gasteiger partial charge in [0.25, 0.3) is 0 Å². The maximum atomic E-state index is 12.2. The average Bonchev–Trinajstić information content (AvgIpc) is 3.65. The molecule has 1 aromatic carbocycles. The topological polar surface area (TPSA) is 116 Å². The lowest BCUT2D eigenvalue weighted by Gasteiger charge is -2.09. The fourth-order valence-corrected chi connectivity index (χ4v) is 5.67. The number of H-pyrrole nitrogens is 2. The lowest BCUT2D eigenvalue weighted by atomic mass is 10.1. The van der Waals surface area contributed by atoms with Crippen molar-refractivity contribution in [3.05, 3.63) is 71.4 Å². The predicted octanol–water partition coefficient (Wildman–Crippen LogP) is 7.15. The maximum absolute atomic E-state index is 12.2. The number of hydrogen-bond acceptors (Lipinski definition) is 6. The molecule has 0 saturated heterocycles. The number of amides is 1. The number of ketones is 1. The van der Waals surface area contributed by atoms with Crippen LogP contribution in [0.5, 0.6) is 0 Å². The number of carbonyl (C=O) groups is 2. The van der Waals surface area contributed by atoms with Crippen molar-refractivity contribution in [1.29, 1.82) is 0 Å². The normalized spacial score (nSPS) is 11.4. The molecule has 0 aliphatic heterocycles. The molecule has 6 rings (SSSR count). The van der Waals surface area contributed by atoms with Gasteiger partial charge in [-0.05, 0) is 74.4 Å². The van der Waals surface area contributed by atoms with Gasteiger partial charge in [-0.1, -0.05) is 6.92 Å². The third kappa shape index (κ3) is 4.72. The summed E-state index contributed by atoms with van der Waals surface area (Å²) in [5.41, 5.74) is 8.40. The van der Waals surface area contributed by atoms with Crippen LogP contribution < -0.4 is 5.32 Å². The van der Waals surface area contributed by atoms with Crippen LogP contribution in [0.25, 0.3) is 55.0 Å². The molecule has 5 heterocycles. The second-order valence-corrected chi connectivity index (χ2v) is 10.7. The molecule has 5 aromatic heterocycles. The molecular formula is C30H26N6O2S. The number of nitrogens with zero attached hydrogens (tertiary/aromatic N) is 3. The highest BCUT2D eigenvalue weighted by molar-refractivity contribution is 7.17. The smallest absolute Gasteiger partial charge is 0.224 e. The van der Waals surface area contributed by atoms with Crippen LogP contribution in [0.1, 0.15) is 41.9 Å². The molecule has 0 aliphatic carbocycles. The summed E-state index contributed by atoms with van der Waals surface area (Å²) in [6.45, 7) is 5.57. The first kappa shape index (κ1) is 24.7. The number of anilines is 1. The number of aryl methyl sites for hydroxylation is 1. The quantitative estimate of drug-likeness (QED) is 0.188. The van der Waals surface area contributed by atoms with E-state index in [9.17, 15) is 9.59 Å². The number of fused-ring (bicyclic) bond motifs is 2. The van der Waals surface area contributed by atoms with E-state index in [1.807, 2.05) is 56.4 Å². The SMILES string of the molecule is CCCC(=O)Nc1cc(C)cc(-c2ccc3[nH]nc(-c4cc5c(-c6ccc(C(C)=O)s6)cncc5[nH]4)c3n2)c1. The van der Waals surface area contributed by atoms with Crippen molar-refractivity contribution in [2.75, 3.05) is 5.32 Å². The van der Waals surface area contributed by atoms with Gasteiger partial charge in [0.15, 0.2) is 5.78 Å². The molecule has 9 heteroatoms. The van der Waals surface area contributed by atoms with Crippen molar-refractivity contribution in [2.24, 2.45) is 0 Å². The Kier molecular flexibility index (Phi) is 6.28. The van der Waals surface area contributed by atoms with Crippen molar-refractivity contribution < 1.29 is 9.59 Å². The van der Waals surface area contributed by atoms with Gasteiger partial charge in [0.2, 0.25) is 5.91 Å². The third-order valence-electron chi connectivity index (χ3n) is 6.56. The average molecular weight is 535 g/mol. The molecular weight excluding hydrogens is 508 g/mol. The number of hydrogen-bond donors (Lipinski definition) is 3. The molecule has 39 heavy (non-hydrogen) atoms. The number of benzene rings is 1. The van der Waals surface area contributed by atoms with Crippen LogP contribution in [0.15, 0.2) is 60.9 Å². The lowest BCUT2D eigenvalue weighted by molar-refractivity contribution is -0.116. The number of rotatable bonds is 7. The number of thiophene rings is 1. The maximum Gasteiger partial charge on any atom is 0.224 e. The monoisotopic (exact) mass is 534 g/mol. The minimum atomic E-state index is 0.00215. The molecule has 1 amide bonds. The van der Waals surface area contributed by atoms with E-state index in [4.69, 9.17) is 4.98 Å². The van der Waals surface area contributed by atoms with Crippen LogP contribution in [-0.4, -0.2) is 36.8 Å². The molecule has 6 aromatic rings. The summed E-state index contributed by atoms with van der Waals surface area (Å²) in [5.74, 6) is 0.0531. The Morgan fingerprint density at radius 1 is 1.03 bits per heavy atom. The van der Waals surface area contributed by atoms with Crippen molar-refractivity contribution in [2.45, 2.75) is 33.6 Å². The Labute approximate surface area is 228 Å². The molecule has 0 spiro atoms. The van der Waals surface area contributed by atoms with Gasteiger partial charge in [0.1, 0.15) is 11.2 Å². The van der Waals surface area contributed by atoms with E-state index in [1.54, 1.807) is 13.1 Å². The van der Waals surface area contributed by atoms with Gasteiger partial charge in [-0.3, -0.25) is 19.7 Å². The Balaban J connectivity index is 1.41. The second-order valence-electron chi connectivity index (χ2n) is 9.60. The zero-order chi connectivity index (χ0) is 27.1. The van der Waals surface area contributed by atoms with Crippen molar-refractivity contribution in [3.8, 4) is 33.1 Å². The fraction of sp³-hybridized carbons (Fsp3) is 0.167. The van der Waals surface area contributed by atoms with E-state index in [0.717, 1.165) is 71.9 Å². The van der Waals surface area contributed by atoms with Gasteiger partial charge >= 0.3 is 0 Å². The molecule has 0 fully saturated rings. The minimum Gasteiger partial charge on any atom is -0.352 e. The largest absolute Gasteiger partial charge is 0.352 e. The molecule has 0 bridgehead atoms. The lowest BCUT2D eigenvalue weighted by Crippen LogP contribution is -2.10. The molecule has 194 valence electrons. The molecule has 0 unspecified atom stereocenters. The highest BCUT2D eigenvalue weighted by Crippen LogP contribution is 2.36. The van der Waals surface area contributed by atoms with E-state index < -0.39 is 0 Å². The molecule has 0 aliphatic rings. The summed E-state index contributed by atoms with van der Waals surface area (Å²) >= 11 is 1.46. The summed E-state index contributed by atoms with van der Waals surface area (Å²) in [7, 11) is 0. The highest BCUT2D eigenvalue weighted by atomic mass is 32.1. The van der Waals surface area contributed by atoms with Gasteiger partial charge in [0, 0.05) is 39.7 Å². The molecule has 3 N–H and O–H groups in total. The van der Waals surface area contributed by atoms with Crippen LogP contribution in [-0.2, 0) is 4.79 Å². The van der Waals surface area contributed by atoms with Gasteiger partial charge in [-0.25, -0.2) is 4.98 Å². The van der Waals surface area contributed by atoms with Crippen LogP contribution in [0.2, 0.25) is 0 Å². The summed E-state index contributed by atoms with van der Waals surface area (Å²) in [6.07, 6.45) is 4.89. The van der Waals surface area contributed by atoms with Crippen LogP contribution >= 0.6 is 11.3 Å². The summed E-state index contributed by atoms with van der Waals surface area (Å²) in [4.78, 5) is 38.5. The number of carbonyl (C=O) groups excluding carboxylic acids is 2. The van der Waals surface area contributed by atoms with E-state index in [2.05, 4.69) is 37.6 Å². The van der Waals surface area contributed by atoms with Crippen molar-refractivity contribution >= 4 is 50.7 Å². The Hall–Kier alpha value is -4.63. The van der Waals surface area contributed by atoms with Gasteiger partial charge < -0.3 is 10.3 Å². The molecule has 0 radical (unpaired) electrons. The highest BCUT2D eigenvalue weighted by Gasteiger charge is 2.17. The van der Waals surface area contributed by atoms with Crippen LogP contribution in [0.4, 0.5) is 5.69 Å². The Bertz CT molecular complexity index is 1880. The Morgan fingerprint density at radius 2 is 1.90 bits per heavy atom. The number of aromatic nitrogens is 5. The molecule has 0 saturated carbocycles. The summed E-state index contributed by atoms with van der Waals surface area (Å²) < 4.78 is 0. The first-order chi connectivity index (χ1) is 18.9. The van der Waals surface area contributed by atoms with Gasteiger partial charge in [-0.15, -0.1) is 11.3 Å². The number of nitrogens with one attached hydrogen (secondary N) is 3. The predicted molar refractivity (Wildman–Crippen MR) is 156 cm³/mol. The van der Waals surface area contributed by atoms with Crippen LogP contribution in [0, 0.1) is 6.92 Å². The van der Waals surface area contributed by atoms with Crippen molar-refractivity contribution in [1.82, 2.24) is 25.1 Å². The summed E-state index contributed by atoms with van der Waals surface area (Å²) in [6, 6.07) is 15.8. The summed E-state index contributed by atoms with van der Waals surface area (Å²) in [5, 5.41) is 11.7. The van der Waals surface area contributed by atoms with E-state index >= 15 is 0 Å². The van der Waals surface area contributed by atoms with Gasteiger partial charge in [0.05, 0.1) is 33.5 Å². The number of Topliss-reactive ketones (excluding diaryl/α,β-unsaturated/α-hetero) is 1. The first-order valence-corrected chi connectivity index (χ1v) is 13.6. The minimum absolute atomic E-state index is 0.00215. The van der Waals surface area contributed by atoms with Crippen molar-refractivity contribution in [3.63, 3.8) is 0 Å². The first-order valence-electron chi connectivity index (χ1n) is 12.7. The number of pyridine rings is 2. The Morgan fingerprint density at radius 3 is 2.69 bits per heavy atom. The fourth-order valence-electron chi connectivity index (χ4n) is 4.75. The van der Waals surface area contributed by atoms with E-state index in [-0.39, 0.29) is 11.7 Å². The van der Waals surface area contributed by atoms with Gasteiger partial charge in [-0.2, -0.15) is 5.10 Å². The third-order valence-corrected chi connectivity index (χ3v) is 7.78. The standard InChI is InChI=1S/C30H26N6O2S/c1-4-5-28(38)32-19-11-16(2)10-18(12-19)22-6-7-23-29(34-22)30(36-35-23)24-13-20-21(14-31-15-25(20)33-24)27-9-8-26(39-27)17(3)37/h6-15,33H,4-5H2,1-3H3,(H,32,38)(H,35,36). The number of aromatic amines is 2. The van der Waals surface area contributed by atoms with E-state index in [1.165, 1.54) is 11.3 Å². The zero-order valence-electron chi connectivity index (χ0n) is 21.8. The second kappa shape index (κ2) is 9.92. The zero-order valence-corrected chi connectivity index (χ0v) is 22.6. The molecule has 8 nitrogen and oxygen atoms in total. The molecule has 0 atom stereocenters. The van der Waals surface area contributed by atoms with Crippen LogP contribution in [0.3, 0.4) is 0 Å². The van der Waals surface area contributed by atoms with E-state index in [0.29, 0.717) is 12.1 Å².